The molecule has 2 N–H and O–H groups in total. The van der Waals surface area contributed by atoms with E-state index in [0.29, 0.717) is 0 Å². The normalized spacial score (nSPS) is 19.0. The minimum atomic E-state index is 0.267. The van der Waals surface area contributed by atoms with Gasteiger partial charge in [-0.1, -0.05) is 12.8 Å². The minimum absolute atomic E-state index is 0.267. The first-order chi connectivity index (χ1) is 6.18. The highest BCUT2D eigenvalue weighted by atomic mass is 79.9. The molecule has 1 atom stereocenters. The van der Waals surface area contributed by atoms with Gasteiger partial charge in [-0.2, -0.15) is 0 Å². The Balaban J connectivity index is 2.09. The average Bonchev–Trinajstić information content (AvgIpc) is 2.82. The molecule has 0 aliphatic heterocycles. The van der Waals surface area contributed by atoms with Crippen molar-refractivity contribution in [1.29, 1.82) is 0 Å². The molecule has 2 rings (SSSR count). The molecule has 3 heteroatoms. The topological polar surface area (TPSA) is 26.0 Å². The Bertz CT molecular complexity index is 304. The molecule has 0 bridgehead atoms. The van der Waals surface area contributed by atoms with E-state index in [2.05, 4.69) is 28.2 Å². The number of nitrogens with two attached hydrogens (primary N) is 1. The van der Waals surface area contributed by atoms with Crippen LogP contribution in [-0.2, 0) is 0 Å². The molecule has 13 heavy (non-hydrogen) atoms. The van der Waals surface area contributed by atoms with Crippen molar-refractivity contribution in [2.75, 3.05) is 0 Å². The summed E-state index contributed by atoms with van der Waals surface area (Å²) in [5.74, 6) is 0.912. The molecule has 0 saturated heterocycles. The fourth-order valence-corrected chi connectivity index (χ4v) is 3.19. The summed E-state index contributed by atoms with van der Waals surface area (Å²) in [6.45, 7) is 2.14. The van der Waals surface area contributed by atoms with Gasteiger partial charge in [-0.05, 0) is 40.8 Å². The van der Waals surface area contributed by atoms with Crippen molar-refractivity contribution in [2.45, 2.75) is 32.2 Å². The highest BCUT2D eigenvalue weighted by Crippen LogP contribution is 2.39. The maximum atomic E-state index is 6.14. The number of thiophene rings is 1. The van der Waals surface area contributed by atoms with E-state index in [4.69, 9.17) is 5.73 Å². The molecule has 0 radical (unpaired) electrons. The third-order valence-corrected chi connectivity index (χ3v) is 4.98. The molecule has 1 nitrogen and oxygen atoms in total. The summed E-state index contributed by atoms with van der Waals surface area (Å²) < 4.78 is 1.21. The molecule has 1 aliphatic carbocycles. The van der Waals surface area contributed by atoms with Crippen LogP contribution in [0.3, 0.4) is 0 Å². The van der Waals surface area contributed by atoms with Gasteiger partial charge < -0.3 is 5.73 Å². The van der Waals surface area contributed by atoms with Gasteiger partial charge in [0.2, 0.25) is 0 Å². The number of rotatable bonds is 3. The molecule has 1 aliphatic rings. The fraction of sp³-hybridized carbons (Fsp3) is 0.600. The zero-order chi connectivity index (χ0) is 9.42. The molecule has 72 valence electrons. The first-order valence-electron chi connectivity index (χ1n) is 4.67. The quantitative estimate of drug-likeness (QED) is 0.882. The van der Waals surface area contributed by atoms with Crippen LogP contribution in [0, 0.1) is 12.8 Å². The second-order valence-electron chi connectivity index (χ2n) is 3.86. The molecule has 0 amide bonds. The predicted molar refractivity (Wildman–Crippen MR) is 61.0 cm³/mol. The first-order valence-corrected chi connectivity index (χ1v) is 6.35. The van der Waals surface area contributed by atoms with Gasteiger partial charge in [0.1, 0.15) is 0 Å². The van der Waals surface area contributed by atoms with Gasteiger partial charge in [-0.3, -0.25) is 0 Å². The van der Waals surface area contributed by atoms with Gasteiger partial charge in [0.15, 0.2) is 0 Å². The van der Waals surface area contributed by atoms with Gasteiger partial charge in [0.25, 0.3) is 0 Å². The monoisotopic (exact) mass is 259 g/mol. The van der Waals surface area contributed by atoms with E-state index in [1.807, 2.05) is 0 Å². The van der Waals surface area contributed by atoms with Crippen molar-refractivity contribution < 1.29 is 0 Å². The Hall–Kier alpha value is 0.140. The predicted octanol–water partition coefficient (Wildman–Crippen LogP) is 3.62. The number of halogens is 1. The van der Waals surface area contributed by atoms with Gasteiger partial charge in [0.05, 0.1) is 0 Å². The van der Waals surface area contributed by atoms with Gasteiger partial charge in [-0.25, -0.2) is 0 Å². The molecule has 1 heterocycles. The van der Waals surface area contributed by atoms with Gasteiger partial charge in [0, 0.05) is 20.8 Å². The zero-order valence-corrected chi connectivity index (χ0v) is 10.1. The fourth-order valence-electron chi connectivity index (χ4n) is 1.59. The second kappa shape index (κ2) is 3.71. The van der Waals surface area contributed by atoms with Crippen LogP contribution in [0.15, 0.2) is 9.85 Å². The van der Waals surface area contributed by atoms with E-state index < -0.39 is 0 Å². The summed E-state index contributed by atoms with van der Waals surface area (Å²) in [5.41, 5.74) is 7.47. The van der Waals surface area contributed by atoms with E-state index in [9.17, 15) is 0 Å². The largest absolute Gasteiger partial charge is 0.323 e. The van der Waals surface area contributed by atoms with Crippen LogP contribution in [-0.4, -0.2) is 0 Å². The second-order valence-corrected chi connectivity index (χ2v) is 5.62. The number of hydrogen-bond acceptors (Lipinski definition) is 2. The molecule has 0 unspecified atom stereocenters. The molecular weight excluding hydrogens is 246 g/mol. The van der Waals surface area contributed by atoms with E-state index in [-0.39, 0.29) is 6.04 Å². The van der Waals surface area contributed by atoms with Crippen LogP contribution < -0.4 is 5.73 Å². The summed E-state index contributed by atoms with van der Waals surface area (Å²) in [4.78, 5) is 1.36. The van der Waals surface area contributed by atoms with Crippen molar-refractivity contribution in [3.05, 3.63) is 20.3 Å². The molecular formula is C10H14BrNS. The molecule has 0 aromatic carbocycles. The van der Waals surface area contributed by atoms with Crippen molar-refractivity contribution >= 4 is 27.3 Å². The minimum Gasteiger partial charge on any atom is -0.323 e. The van der Waals surface area contributed by atoms with Crippen LogP contribution in [0.4, 0.5) is 0 Å². The molecule has 1 aromatic heterocycles. The first kappa shape index (κ1) is 9.69. The average molecular weight is 260 g/mol. The third-order valence-electron chi connectivity index (χ3n) is 2.64. The van der Waals surface area contributed by atoms with Gasteiger partial charge in [-0.15, -0.1) is 11.3 Å². The van der Waals surface area contributed by atoms with Crippen molar-refractivity contribution in [3.63, 3.8) is 0 Å². The highest BCUT2D eigenvalue weighted by molar-refractivity contribution is 9.10. The Morgan fingerprint density at radius 3 is 2.85 bits per heavy atom. The number of hydrogen-bond donors (Lipinski definition) is 1. The lowest BCUT2D eigenvalue weighted by atomic mass is 10.1. The zero-order valence-electron chi connectivity index (χ0n) is 7.72. The lowest BCUT2D eigenvalue weighted by Gasteiger charge is -2.09. The van der Waals surface area contributed by atoms with E-state index in [0.717, 1.165) is 5.92 Å². The van der Waals surface area contributed by atoms with Gasteiger partial charge >= 0.3 is 0 Å². The summed E-state index contributed by atoms with van der Waals surface area (Å²) >= 11 is 5.30. The van der Waals surface area contributed by atoms with E-state index in [1.165, 1.54) is 34.2 Å². The SMILES string of the molecule is Cc1c(Br)csc1[C@@H](N)CC1CC1. The highest BCUT2D eigenvalue weighted by Gasteiger charge is 2.25. The smallest absolute Gasteiger partial charge is 0.0395 e. The maximum Gasteiger partial charge on any atom is 0.0395 e. The Labute approximate surface area is 91.5 Å². The Morgan fingerprint density at radius 2 is 2.38 bits per heavy atom. The van der Waals surface area contributed by atoms with Crippen LogP contribution >= 0.6 is 27.3 Å². The summed E-state index contributed by atoms with van der Waals surface area (Å²) in [7, 11) is 0. The van der Waals surface area contributed by atoms with E-state index >= 15 is 0 Å². The molecule has 1 aromatic rings. The van der Waals surface area contributed by atoms with Crippen LogP contribution in [0.2, 0.25) is 0 Å². The van der Waals surface area contributed by atoms with Crippen molar-refractivity contribution in [3.8, 4) is 0 Å². The molecule has 1 saturated carbocycles. The van der Waals surface area contributed by atoms with Crippen LogP contribution in [0.25, 0.3) is 0 Å². The van der Waals surface area contributed by atoms with Crippen LogP contribution in [0.5, 0.6) is 0 Å². The molecule has 0 spiro atoms. The van der Waals surface area contributed by atoms with Crippen molar-refractivity contribution in [2.24, 2.45) is 11.7 Å². The maximum absolute atomic E-state index is 6.14. The van der Waals surface area contributed by atoms with Crippen LogP contribution in [0.1, 0.15) is 35.7 Å². The molecule has 1 fully saturated rings. The summed E-state index contributed by atoms with van der Waals surface area (Å²) in [6.07, 6.45) is 3.95. The third kappa shape index (κ3) is 2.14. The Morgan fingerprint density at radius 1 is 1.69 bits per heavy atom. The Kier molecular flexibility index (Phi) is 2.77. The lowest BCUT2D eigenvalue weighted by molar-refractivity contribution is 0.603. The summed E-state index contributed by atoms with van der Waals surface area (Å²) in [5, 5.41) is 2.14. The van der Waals surface area contributed by atoms with Crippen molar-refractivity contribution in [1.82, 2.24) is 0 Å². The standard InChI is InChI=1S/C10H14BrNS/c1-6-8(11)5-13-10(6)9(12)4-7-2-3-7/h5,7,9H,2-4,12H2,1H3/t9-/m0/s1. The van der Waals surface area contributed by atoms with E-state index in [1.54, 1.807) is 11.3 Å². The summed E-state index contributed by atoms with van der Waals surface area (Å²) in [6, 6.07) is 0.267. The lowest BCUT2D eigenvalue weighted by Crippen LogP contribution is -2.10.